The summed E-state index contributed by atoms with van der Waals surface area (Å²) in [7, 11) is 1.63. The highest BCUT2D eigenvalue weighted by molar-refractivity contribution is 7.98. The molecule has 0 aliphatic heterocycles. The fraction of sp³-hybridized carbons (Fsp3) is 0.286. The Bertz CT molecular complexity index is 630. The van der Waals surface area contributed by atoms with Crippen LogP contribution in [0.3, 0.4) is 0 Å². The molecular formula is C14H16ClN3OS2. The maximum absolute atomic E-state index is 11.3. The number of amides is 1. The molecule has 0 atom stereocenters. The van der Waals surface area contributed by atoms with Crippen molar-refractivity contribution in [2.45, 2.75) is 17.9 Å². The summed E-state index contributed by atoms with van der Waals surface area (Å²) in [5.74, 6) is -0.0247. The molecule has 1 heterocycles. The van der Waals surface area contributed by atoms with E-state index in [-0.39, 0.29) is 5.91 Å². The Morgan fingerprint density at radius 3 is 3.00 bits per heavy atom. The second-order valence-electron chi connectivity index (χ2n) is 4.28. The van der Waals surface area contributed by atoms with Crippen molar-refractivity contribution in [3.63, 3.8) is 0 Å². The van der Waals surface area contributed by atoms with E-state index in [0.717, 1.165) is 21.3 Å². The fourth-order valence-electron chi connectivity index (χ4n) is 1.74. The quantitative estimate of drug-likeness (QED) is 0.790. The molecule has 0 bridgehead atoms. The summed E-state index contributed by atoms with van der Waals surface area (Å²) in [6, 6.07) is 5.78. The zero-order valence-corrected chi connectivity index (χ0v) is 14.2. The Kier molecular flexibility index (Phi) is 5.90. The number of benzene rings is 1. The number of thioether (sulfide) groups is 1. The maximum atomic E-state index is 11.3. The lowest BCUT2D eigenvalue weighted by Crippen LogP contribution is -2.19. The number of carbonyl (C=O) groups is 1. The first-order chi connectivity index (χ1) is 10.1. The highest BCUT2D eigenvalue weighted by atomic mass is 35.5. The molecule has 0 radical (unpaired) electrons. The first-order valence-electron chi connectivity index (χ1n) is 6.33. The predicted octanol–water partition coefficient (Wildman–Crippen LogP) is 3.42. The summed E-state index contributed by atoms with van der Waals surface area (Å²) in [6.45, 7) is 0.609. The lowest BCUT2D eigenvalue weighted by Gasteiger charge is -2.09. The normalized spacial score (nSPS) is 10.4. The number of hydrogen-bond donors (Lipinski definition) is 2. The third kappa shape index (κ3) is 4.62. The van der Waals surface area contributed by atoms with Gasteiger partial charge in [0.2, 0.25) is 5.91 Å². The Morgan fingerprint density at radius 2 is 2.29 bits per heavy atom. The van der Waals surface area contributed by atoms with Crippen LogP contribution in [0.25, 0.3) is 0 Å². The van der Waals surface area contributed by atoms with Gasteiger partial charge in [-0.1, -0.05) is 11.6 Å². The van der Waals surface area contributed by atoms with Gasteiger partial charge in [0.15, 0.2) is 0 Å². The van der Waals surface area contributed by atoms with Gasteiger partial charge in [0, 0.05) is 28.0 Å². The number of nitrogens with zero attached hydrogens (tertiary/aromatic N) is 1. The second kappa shape index (κ2) is 7.68. The van der Waals surface area contributed by atoms with Gasteiger partial charge in [-0.2, -0.15) is 0 Å². The summed E-state index contributed by atoms with van der Waals surface area (Å²) in [5.41, 5.74) is 1.92. The number of likely N-dealkylation sites (N-methyl/N-ethyl adjacent to an activating group) is 1. The summed E-state index contributed by atoms with van der Waals surface area (Å²) < 4.78 is 0. The van der Waals surface area contributed by atoms with Crippen molar-refractivity contribution in [2.24, 2.45) is 0 Å². The SMILES string of the molecule is CNC(=O)Cc1nc(CNc2cc(Cl)ccc2SC)cs1. The molecule has 112 valence electrons. The van der Waals surface area contributed by atoms with Gasteiger partial charge < -0.3 is 10.6 Å². The number of anilines is 1. The monoisotopic (exact) mass is 341 g/mol. The molecule has 2 N–H and O–H groups in total. The van der Waals surface area contributed by atoms with Crippen LogP contribution in [0.4, 0.5) is 5.69 Å². The number of aromatic nitrogens is 1. The van der Waals surface area contributed by atoms with Crippen LogP contribution >= 0.6 is 34.7 Å². The van der Waals surface area contributed by atoms with Crippen LogP contribution in [-0.2, 0) is 17.8 Å². The van der Waals surface area contributed by atoms with Gasteiger partial charge in [-0.15, -0.1) is 23.1 Å². The van der Waals surface area contributed by atoms with Crippen LogP contribution in [0.15, 0.2) is 28.5 Å². The molecule has 1 amide bonds. The predicted molar refractivity (Wildman–Crippen MR) is 90.4 cm³/mol. The Morgan fingerprint density at radius 1 is 1.48 bits per heavy atom. The van der Waals surface area contributed by atoms with Crippen LogP contribution < -0.4 is 10.6 Å². The molecule has 0 unspecified atom stereocenters. The van der Waals surface area contributed by atoms with E-state index in [2.05, 4.69) is 15.6 Å². The van der Waals surface area contributed by atoms with E-state index in [4.69, 9.17) is 11.6 Å². The van der Waals surface area contributed by atoms with Gasteiger partial charge in [-0.25, -0.2) is 4.98 Å². The van der Waals surface area contributed by atoms with Crippen LogP contribution in [0.5, 0.6) is 0 Å². The first-order valence-corrected chi connectivity index (χ1v) is 8.82. The van der Waals surface area contributed by atoms with E-state index in [1.54, 1.807) is 18.8 Å². The highest BCUT2D eigenvalue weighted by Gasteiger charge is 2.07. The molecule has 2 aromatic rings. The minimum atomic E-state index is -0.0247. The zero-order valence-electron chi connectivity index (χ0n) is 11.8. The van der Waals surface area contributed by atoms with Crippen molar-refractivity contribution >= 4 is 46.3 Å². The van der Waals surface area contributed by atoms with Crippen molar-refractivity contribution in [1.82, 2.24) is 10.3 Å². The lowest BCUT2D eigenvalue weighted by molar-refractivity contribution is -0.119. The lowest BCUT2D eigenvalue weighted by atomic mass is 10.3. The van der Waals surface area contributed by atoms with Crippen LogP contribution in [0.1, 0.15) is 10.7 Å². The molecule has 0 aliphatic carbocycles. The number of halogens is 1. The number of carbonyl (C=O) groups excluding carboxylic acids is 1. The Labute approximate surface area is 137 Å². The van der Waals surface area contributed by atoms with Crippen molar-refractivity contribution in [1.29, 1.82) is 0 Å². The van der Waals surface area contributed by atoms with E-state index >= 15 is 0 Å². The maximum Gasteiger partial charge on any atom is 0.226 e. The molecule has 1 aromatic carbocycles. The van der Waals surface area contributed by atoms with Crippen molar-refractivity contribution in [3.8, 4) is 0 Å². The summed E-state index contributed by atoms with van der Waals surface area (Å²) in [6.07, 6.45) is 2.35. The number of thiazole rings is 1. The van der Waals surface area contributed by atoms with Crippen LogP contribution in [0.2, 0.25) is 5.02 Å². The van der Waals surface area contributed by atoms with E-state index in [9.17, 15) is 4.79 Å². The Hall–Kier alpha value is -1.24. The number of rotatable bonds is 6. The molecule has 2 rings (SSSR count). The van der Waals surface area contributed by atoms with Crippen molar-refractivity contribution in [2.75, 3.05) is 18.6 Å². The molecule has 7 heteroatoms. The van der Waals surface area contributed by atoms with E-state index in [1.165, 1.54) is 11.3 Å². The minimum Gasteiger partial charge on any atom is -0.378 e. The van der Waals surface area contributed by atoms with Gasteiger partial charge in [-0.05, 0) is 24.5 Å². The van der Waals surface area contributed by atoms with Crippen molar-refractivity contribution in [3.05, 3.63) is 39.3 Å². The molecular weight excluding hydrogens is 326 g/mol. The van der Waals surface area contributed by atoms with Gasteiger partial charge in [0.05, 0.1) is 18.7 Å². The van der Waals surface area contributed by atoms with E-state index in [0.29, 0.717) is 18.0 Å². The zero-order chi connectivity index (χ0) is 15.2. The molecule has 1 aromatic heterocycles. The summed E-state index contributed by atoms with van der Waals surface area (Å²) in [4.78, 5) is 16.9. The Balaban J connectivity index is 2.00. The number of nitrogens with one attached hydrogen (secondary N) is 2. The molecule has 0 saturated heterocycles. The minimum absolute atomic E-state index is 0.0247. The standard InChI is InChI=1S/C14H16ClN3OS2/c1-16-13(19)6-14-18-10(8-21-14)7-17-11-5-9(15)3-4-12(11)20-2/h3-5,8,17H,6-7H2,1-2H3,(H,16,19). The molecule has 21 heavy (non-hydrogen) atoms. The third-order valence-electron chi connectivity index (χ3n) is 2.81. The second-order valence-corrected chi connectivity index (χ2v) is 6.51. The first kappa shape index (κ1) is 16.1. The van der Waals surface area contributed by atoms with Gasteiger partial charge in [0.1, 0.15) is 5.01 Å². The fourth-order valence-corrected chi connectivity index (χ4v) is 3.26. The van der Waals surface area contributed by atoms with Crippen LogP contribution in [-0.4, -0.2) is 24.2 Å². The number of hydrogen-bond acceptors (Lipinski definition) is 5. The van der Waals surface area contributed by atoms with Gasteiger partial charge >= 0.3 is 0 Å². The highest BCUT2D eigenvalue weighted by Crippen LogP contribution is 2.28. The van der Waals surface area contributed by atoms with Gasteiger partial charge in [-0.3, -0.25) is 4.79 Å². The topological polar surface area (TPSA) is 54.0 Å². The third-order valence-corrected chi connectivity index (χ3v) is 4.74. The largest absolute Gasteiger partial charge is 0.378 e. The van der Waals surface area contributed by atoms with E-state index in [1.807, 2.05) is 29.8 Å². The summed E-state index contributed by atoms with van der Waals surface area (Å²) >= 11 is 9.19. The van der Waals surface area contributed by atoms with E-state index < -0.39 is 0 Å². The molecule has 0 fully saturated rings. The molecule has 0 spiro atoms. The smallest absolute Gasteiger partial charge is 0.226 e. The van der Waals surface area contributed by atoms with Crippen molar-refractivity contribution < 1.29 is 4.79 Å². The average molecular weight is 342 g/mol. The average Bonchev–Trinajstić information content (AvgIpc) is 2.92. The molecule has 0 saturated carbocycles. The van der Waals surface area contributed by atoms with Gasteiger partial charge in [0.25, 0.3) is 0 Å². The summed E-state index contributed by atoms with van der Waals surface area (Å²) in [5, 5.41) is 9.43. The van der Waals surface area contributed by atoms with Crippen LogP contribution in [0, 0.1) is 0 Å². The molecule has 4 nitrogen and oxygen atoms in total. The molecule has 0 aliphatic rings.